The van der Waals surface area contributed by atoms with Crippen molar-refractivity contribution in [2.75, 3.05) is 18.4 Å². The molecule has 0 radical (unpaired) electrons. The molecule has 25 heavy (non-hydrogen) atoms. The van der Waals surface area contributed by atoms with E-state index < -0.39 is 0 Å². The molecule has 1 fully saturated rings. The number of hydrogen-bond donors (Lipinski definition) is 1. The van der Waals surface area contributed by atoms with E-state index >= 15 is 0 Å². The molecule has 1 aromatic carbocycles. The number of benzene rings is 1. The van der Waals surface area contributed by atoms with Crippen molar-refractivity contribution in [1.29, 1.82) is 0 Å². The zero-order chi connectivity index (χ0) is 17.8. The highest BCUT2D eigenvalue weighted by atomic mass is 32.1. The largest absolute Gasteiger partial charge is 0.339 e. The molecule has 130 valence electrons. The molecule has 0 spiro atoms. The number of thiazole rings is 1. The Bertz CT molecular complexity index is 777. The predicted octanol–water partition coefficient (Wildman–Crippen LogP) is 3.48. The second kappa shape index (κ2) is 7.61. The molecule has 6 heteroatoms. The average molecular weight is 355 g/mol. The van der Waals surface area contributed by atoms with Crippen LogP contribution in [0, 0.1) is 12.8 Å². The lowest BCUT2D eigenvalue weighted by atomic mass is 9.96. The van der Waals surface area contributed by atoms with E-state index in [0.717, 1.165) is 21.3 Å². The summed E-state index contributed by atoms with van der Waals surface area (Å²) in [5, 5.41) is 4.72. The summed E-state index contributed by atoms with van der Waals surface area (Å²) in [6.45, 7) is 6.61. The second-order valence-electron chi connectivity index (χ2n) is 6.09. The lowest BCUT2D eigenvalue weighted by molar-refractivity contribution is -0.130. The van der Waals surface area contributed by atoms with Gasteiger partial charge in [0.25, 0.3) is 0 Å². The number of carbonyl (C=O) groups excluding carboxylic acids is 2. The Kier molecular flexibility index (Phi) is 5.28. The van der Waals surface area contributed by atoms with Crippen LogP contribution in [-0.2, 0) is 9.59 Å². The number of nitrogens with one attached hydrogen (secondary N) is 1. The number of piperidine rings is 1. The summed E-state index contributed by atoms with van der Waals surface area (Å²) in [5.41, 5.74) is 1.88. The molecule has 0 aliphatic carbocycles. The molecule has 2 aromatic rings. The molecule has 1 aliphatic rings. The summed E-state index contributed by atoms with van der Waals surface area (Å²) in [4.78, 5) is 30.5. The number of aryl methyl sites for hydroxylation is 1. The number of nitrogens with zero attached hydrogens (tertiary/aromatic N) is 2. The standard InChI is InChI=1S/C19H21N3O2S/c1-3-16(23)22-11-9-14(10-12-22)17(24)21-18-13(2)20-19(25-18)15-7-5-4-6-8-15/h3-8,14H,1,9-12H2,2H3,(H,21,24). The Morgan fingerprint density at radius 2 is 1.96 bits per heavy atom. The summed E-state index contributed by atoms with van der Waals surface area (Å²) in [7, 11) is 0. The summed E-state index contributed by atoms with van der Waals surface area (Å²) in [6, 6.07) is 9.94. The van der Waals surface area contributed by atoms with Crippen molar-refractivity contribution < 1.29 is 9.59 Å². The summed E-state index contributed by atoms with van der Waals surface area (Å²) in [5.74, 6) is -0.128. The van der Waals surface area contributed by atoms with E-state index in [4.69, 9.17) is 0 Å². The number of rotatable bonds is 4. The van der Waals surface area contributed by atoms with Gasteiger partial charge in [0.1, 0.15) is 10.0 Å². The molecular formula is C19H21N3O2S. The third-order valence-corrected chi connectivity index (χ3v) is 5.53. The highest BCUT2D eigenvalue weighted by molar-refractivity contribution is 7.19. The van der Waals surface area contributed by atoms with Gasteiger partial charge in [0.05, 0.1) is 5.69 Å². The van der Waals surface area contributed by atoms with E-state index in [0.29, 0.717) is 25.9 Å². The van der Waals surface area contributed by atoms with Gasteiger partial charge in [0.2, 0.25) is 11.8 Å². The van der Waals surface area contributed by atoms with E-state index in [2.05, 4.69) is 16.9 Å². The van der Waals surface area contributed by atoms with Crippen LogP contribution in [0.2, 0.25) is 0 Å². The number of likely N-dealkylation sites (tertiary alicyclic amines) is 1. The van der Waals surface area contributed by atoms with Crippen LogP contribution in [0.1, 0.15) is 18.5 Å². The number of aromatic nitrogens is 1. The zero-order valence-corrected chi connectivity index (χ0v) is 15.0. The van der Waals surface area contributed by atoms with E-state index in [9.17, 15) is 9.59 Å². The smallest absolute Gasteiger partial charge is 0.245 e. The van der Waals surface area contributed by atoms with Crippen molar-refractivity contribution in [2.45, 2.75) is 19.8 Å². The maximum Gasteiger partial charge on any atom is 0.245 e. The van der Waals surface area contributed by atoms with Crippen molar-refractivity contribution in [2.24, 2.45) is 5.92 Å². The monoisotopic (exact) mass is 355 g/mol. The van der Waals surface area contributed by atoms with Crippen LogP contribution in [0.5, 0.6) is 0 Å². The SMILES string of the molecule is C=CC(=O)N1CCC(C(=O)Nc2sc(-c3ccccc3)nc2C)CC1. The number of carbonyl (C=O) groups is 2. The molecule has 0 atom stereocenters. The fourth-order valence-corrected chi connectivity index (χ4v) is 3.90. The zero-order valence-electron chi connectivity index (χ0n) is 14.2. The van der Waals surface area contributed by atoms with Gasteiger partial charge < -0.3 is 10.2 Å². The molecule has 1 aromatic heterocycles. The fourth-order valence-electron chi connectivity index (χ4n) is 2.92. The Balaban J connectivity index is 1.63. The Hall–Kier alpha value is -2.47. The Morgan fingerprint density at radius 1 is 1.28 bits per heavy atom. The van der Waals surface area contributed by atoms with Gasteiger partial charge in [-0.25, -0.2) is 4.98 Å². The normalized spacial score (nSPS) is 15.0. The number of hydrogen-bond acceptors (Lipinski definition) is 4. The summed E-state index contributed by atoms with van der Waals surface area (Å²) < 4.78 is 0. The molecule has 1 N–H and O–H groups in total. The van der Waals surface area contributed by atoms with Crippen molar-refractivity contribution in [3.63, 3.8) is 0 Å². The molecule has 2 amide bonds. The van der Waals surface area contributed by atoms with Gasteiger partial charge in [-0.2, -0.15) is 0 Å². The van der Waals surface area contributed by atoms with Crippen LogP contribution >= 0.6 is 11.3 Å². The quantitative estimate of drug-likeness (QED) is 0.854. The van der Waals surface area contributed by atoms with E-state index in [1.807, 2.05) is 37.3 Å². The lowest BCUT2D eigenvalue weighted by Crippen LogP contribution is -2.40. The highest BCUT2D eigenvalue weighted by Crippen LogP contribution is 2.32. The van der Waals surface area contributed by atoms with Crippen LogP contribution in [0.25, 0.3) is 10.6 Å². The minimum Gasteiger partial charge on any atom is -0.339 e. The minimum atomic E-state index is -0.0736. The first-order valence-electron chi connectivity index (χ1n) is 8.33. The Morgan fingerprint density at radius 3 is 2.60 bits per heavy atom. The maximum atomic E-state index is 12.6. The first-order valence-corrected chi connectivity index (χ1v) is 9.15. The lowest BCUT2D eigenvalue weighted by Gasteiger charge is -2.30. The molecule has 2 heterocycles. The minimum absolute atomic E-state index is 0.0112. The van der Waals surface area contributed by atoms with Crippen molar-refractivity contribution >= 4 is 28.2 Å². The number of anilines is 1. The van der Waals surface area contributed by atoms with Gasteiger partial charge in [0.15, 0.2) is 0 Å². The van der Waals surface area contributed by atoms with Gasteiger partial charge in [-0.05, 0) is 25.8 Å². The van der Waals surface area contributed by atoms with Crippen LogP contribution in [0.3, 0.4) is 0 Å². The van der Waals surface area contributed by atoms with E-state index in [1.165, 1.54) is 17.4 Å². The molecule has 3 rings (SSSR count). The molecular weight excluding hydrogens is 334 g/mol. The molecule has 0 saturated carbocycles. The third kappa shape index (κ3) is 3.96. The van der Waals surface area contributed by atoms with Gasteiger partial charge >= 0.3 is 0 Å². The molecule has 0 bridgehead atoms. The van der Waals surface area contributed by atoms with Gasteiger partial charge in [-0.1, -0.05) is 48.2 Å². The van der Waals surface area contributed by atoms with Crippen molar-refractivity contribution in [3.05, 3.63) is 48.7 Å². The molecule has 1 saturated heterocycles. The predicted molar refractivity (Wildman–Crippen MR) is 100 cm³/mol. The average Bonchev–Trinajstić information content (AvgIpc) is 3.02. The van der Waals surface area contributed by atoms with E-state index in [1.54, 1.807) is 4.90 Å². The van der Waals surface area contributed by atoms with Crippen molar-refractivity contribution in [1.82, 2.24) is 9.88 Å². The van der Waals surface area contributed by atoms with Crippen LogP contribution in [0.15, 0.2) is 43.0 Å². The highest BCUT2D eigenvalue weighted by Gasteiger charge is 2.27. The van der Waals surface area contributed by atoms with Gasteiger partial charge in [0, 0.05) is 24.6 Å². The number of amides is 2. The molecule has 0 unspecified atom stereocenters. The molecule has 5 nitrogen and oxygen atoms in total. The summed E-state index contributed by atoms with van der Waals surface area (Å²) in [6.07, 6.45) is 2.68. The maximum absolute atomic E-state index is 12.6. The fraction of sp³-hybridized carbons (Fsp3) is 0.316. The Labute approximate surface area is 151 Å². The van der Waals surface area contributed by atoms with Crippen molar-refractivity contribution in [3.8, 4) is 10.6 Å². The van der Waals surface area contributed by atoms with Crippen LogP contribution < -0.4 is 5.32 Å². The molecule has 1 aliphatic heterocycles. The third-order valence-electron chi connectivity index (χ3n) is 4.41. The van der Waals surface area contributed by atoms with Gasteiger partial charge in [-0.3, -0.25) is 9.59 Å². The van der Waals surface area contributed by atoms with Crippen LogP contribution in [0.4, 0.5) is 5.00 Å². The first-order chi connectivity index (χ1) is 12.1. The second-order valence-corrected chi connectivity index (χ2v) is 7.09. The van der Waals surface area contributed by atoms with Gasteiger partial charge in [-0.15, -0.1) is 0 Å². The summed E-state index contributed by atoms with van der Waals surface area (Å²) >= 11 is 1.49. The topological polar surface area (TPSA) is 62.3 Å². The first kappa shape index (κ1) is 17.4. The van der Waals surface area contributed by atoms with E-state index in [-0.39, 0.29) is 17.7 Å². The van der Waals surface area contributed by atoms with Crippen LogP contribution in [-0.4, -0.2) is 34.8 Å².